The van der Waals surface area contributed by atoms with E-state index in [-0.39, 0.29) is 8.68 Å². The van der Waals surface area contributed by atoms with E-state index in [1.165, 1.54) is 6.20 Å². The van der Waals surface area contributed by atoms with Gasteiger partial charge in [-0.3, -0.25) is 4.79 Å². The van der Waals surface area contributed by atoms with Crippen molar-refractivity contribution in [2.75, 3.05) is 6.54 Å². The smallest absolute Gasteiger partial charge is 0.254 e. The molecular formula is C9H12ClN3O3S2. The van der Waals surface area contributed by atoms with Crippen LogP contribution >= 0.6 is 22.9 Å². The van der Waals surface area contributed by atoms with Crippen molar-refractivity contribution in [2.24, 2.45) is 5.73 Å². The number of halogens is 1. The minimum Gasteiger partial charge on any atom is -0.368 e. The van der Waals surface area contributed by atoms with Gasteiger partial charge in [0.05, 0.1) is 6.20 Å². The molecule has 0 bridgehead atoms. The summed E-state index contributed by atoms with van der Waals surface area (Å²) in [4.78, 5) is 15.0. The second kappa shape index (κ2) is 5.12. The Labute approximate surface area is 114 Å². The number of carbonyl (C=O) groups excluding carboxylic acids is 1. The summed E-state index contributed by atoms with van der Waals surface area (Å²) in [6.07, 6.45) is 3.18. The van der Waals surface area contributed by atoms with Crippen LogP contribution in [0, 0.1) is 0 Å². The molecule has 1 amide bonds. The van der Waals surface area contributed by atoms with Gasteiger partial charge in [-0.25, -0.2) is 13.4 Å². The number of primary amides is 1. The lowest BCUT2D eigenvalue weighted by Crippen LogP contribution is -2.50. The van der Waals surface area contributed by atoms with Gasteiger partial charge in [0, 0.05) is 6.54 Å². The number of carbonyl (C=O) groups is 1. The van der Waals surface area contributed by atoms with Crippen LogP contribution in [0.5, 0.6) is 0 Å². The maximum Gasteiger partial charge on any atom is 0.254 e. The van der Waals surface area contributed by atoms with Crippen LogP contribution in [0.1, 0.15) is 19.3 Å². The highest BCUT2D eigenvalue weighted by molar-refractivity contribution is 7.91. The molecule has 0 spiro atoms. The van der Waals surface area contributed by atoms with Crippen LogP contribution in [-0.2, 0) is 14.8 Å². The van der Waals surface area contributed by atoms with Crippen LogP contribution < -0.4 is 5.73 Å². The second-order valence-corrected chi connectivity index (χ2v) is 7.69. The Hall–Kier alpha value is -0.700. The molecule has 9 heteroatoms. The van der Waals surface area contributed by atoms with E-state index >= 15 is 0 Å². The third kappa shape index (κ3) is 2.51. The van der Waals surface area contributed by atoms with Crippen molar-refractivity contribution in [1.82, 2.24) is 9.29 Å². The zero-order chi connectivity index (χ0) is 13.3. The molecule has 1 fully saturated rings. The number of nitrogens with zero attached hydrogens (tertiary/aromatic N) is 2. The summed E-state index contributed by atoms with van der Waals surface area (Å²) in [5, 5.41) is 0. The van der Waals surface area contributed by atoms with Gasteiger partial charge in [0.25, 0.3) is 10.0 Å². The number of hydrogen-bond donors (Lipinski definition) is 1. The van der Waals surface area contributed by atoms with E-state index in [0.29, 0.717) is 13.0 Å². The summed E-state index contributed by atoms with van der Waals surface area (Å²) >= 11 is 6.51. The number of piperidine rings is 1. The van der Waals surface area contributed by atoms with Gasteiger partial charge in [-0.05, 0) is 12.8 Å². The molecule has 2 N–H and O–H groups in total. The maximum absolute atomic E-state index is 12.3. The molecule has 1 aromatic heterocycles. The van der Waals surface area contributed by atoms with E-state index in [4.69, 9.17) is 17.3 Å². The molecule has 1 aliphatic rings. The molecule has 1 atom stereocenters. The minimum absolute atomic E-state index is 0.0423. The topological polar surface area (TPSA) is 93.4 Å². The molecule has 0 aromatic carbocycles. The van der Waals surface area contributed by atoms with Gasteiger partial charge in [0.1, 0.15) is 6.04 Å². The van der Waals surface area contributed by atoms with Crippen molar-refractivity contribution in [3.8, 4) is 0 Å². The minimum atomic E-state index is -3.73. The number of amides is 1. The summed E-state index contributed by atoms with van der Waals surface area (Å²) in [7, 11) is -3.73. The first-order chi connectivity index (χ1) is 8.43. The number of thiazole rings is 1. The van der Waals surface area contributed by atoms with E-state index in [1.54, 1.807) is 0 Å². The Bertz CT molecular complexity index is 557. The second-order valence-electron chi connectivity index (χ2n) is 3.96. The van der Waals surface area contributed by atoms with Crippen molar-refractivity contribution in [2.45, 2.75) is 29.5 Å². The van der Waals surface area contributed by atoms with Crippen LogP contribution in [0.15, 0.2) is 10.4 Å². The average Bonchev–Trinajstić information content (AvgIpc) is 2.76. The largest absolute Gasteiger partial charge is 0.368 e. The summed E-state index contributed by atoms with van der Waals surface area (Å²) in [5.74, 6) is -0.617. The maximum atomic E-state index is 12.3. The Balaban J connectivity index is 2.36. The van der Waals surface area contributed by atoms with Gasteiger partial charge in [-0.2, -0.15) is 4.31 Å². The fraction of sp³-hybridized carbons (Fsp3) is 0.556. The highest BCUT2D eigenvalue weighted by Gasteiger charge is 2.37. The van der Waals surface area contributed by atoms with Gasteiger partial charge >= 0.3 is 0 Å². The van der Waals surface area contributed by atoms with Crippen molar-refractivity contribution < 1.29 is 13.2 Å². The van der Waals surface area contributed by atoms with E-state index in [1.807, 2.05) is 0 Å². The number of hydrogen-bond acceptors (Lipinski definition) is 5. The molecule has 6 nitrogen and oxygen atoms in total. The van der Waals surface area contributed by atoms with Gasteiger partial charge in [0.2, 0.25) is 5.91 Å². The lowest BCUT2D eigenvalue weighted by Gasteiger charge is -2.31. The van der Waals surface area contributed by atoms with Crippen molar-refractivity contribution in [3.05, 3.63) is 10.7 Å². The van der Waals surface area contributed by atoms with E-state index < -0.39 is 22.0 Å². The highest BCUT2D eigenvalue weighted by Crippen LogP contribution is 2.29. The Morgan fingerprint density at radius 1 is 1.56 bits per heavy atom. The van der Waals surface area contributed by atoms with Crippen LogP contribution in [0.4, 0.5) is 0 Å². The van der Waals surface area contributed by atoms with E-state index in [9.17, 15) is 13.2 Å². The molecule has 100 valence electrons. The van der Waals surface area contributed by atoms with Gasteiger partial charge in [-0.1, -0.05) is 29.4 Å². The summed E-state index contributed by atoms with van der Waals surface area (Å²) in [6, 6.07) is -0.773. The summed E-state index contributed by atoms with van der Waals surface area (Å²) in [5.41, 5.74) is 5.25. The standard InChI is InChI=1S/C9H12ClN3O3S2/c10-9-12-5-7(17-9)18(15,16)13-4-2-1-3-6(13)8(11)14/h5-6H,1-4H2,(H2,11,14). The zero-order valence-corrected chi connectivity index (χ0v) is 11.8. The third-order valence-electron chi connectivity index (χ3n) is 2.80. The average molecular weight is 310 g/mol. The van der Waals surface area contributed by atoms with Gasteiger partial charge < -0.3 is 5.73 Å². The third-order valence-corrected chi connectivity index (χ3v) is 6.26. The van der Waals surface area contributed by atoms with Crippen molar-refractivity contribution in [1.29, 1.82) is 0 Å². The zero-order valence-electron chi connectivity index (χ0n) is 9.37. The Morgan fingerprint density at radius 2 is 2.28 bits per heavy atom. The summed E-state index contributed by atoms with van der Waals surface area (Å²) in [6.45, 7) is 0.297. The predicted octanol–water partition coefficient (Wildman–Crippen LogP) is 0.825. The SMILES string of the molecule is NC(=O)C1CCCCN1S(=O)(=O)c1cnc(Cl)s1. The quantitative estimate of drug-likeness (QED) is 0.894. The molecule has 2 heterocycles. The molecule has 1 saturated heterocycles. The molecule has 0 aliphatic carbocycles. The first-order valence-corrected chi connectivity index (χ1v) is 7.99. The van der Waals surface area contributed by atoms with Gasteiger partial charge in [0.15, 0.2) is 8.68 Å². The van der Waals surface area contributed by atoms with Crippen molar-refractivity contribution >= 4 is 38.9 Å². The monoisotopic (exact) mass is 309 g/mol. The first-order valence-electron chi connectivity index (χ1n) is 5.35. The highest BCUT2D eigenvalue weighted by atomic mass is 35.5. The Morgan fingerprint density at radius 3 is 2.83 bits per heavy atom. The molecule has 1 aromatic rings. The number of nitrogens with two attached hydrogens (primary N) is 1. The fourth-order valence-corrected chi connectivity index (χ4v) is 5.04. The number of rotatable bonds is 3. The van der Waals surface area contributed by atoms with Gasteiger partial charge in [-0.15, -0.1) is 0 Å². The molecule has 1 aliphatic heterocycles. The van der Waals surface area contributed by atoms with Crippen LogP contribution in [0.2, 0.25) is 4.47 Å². The van der Waals surface area contributed by atoms with E-state index in [2.05, 4.69) is 4.98 Å². The van der Waals surface area contributed by atoms with E-state index in [0.717, 1.165) is 28.5 Å². The molecule has 18 heavy (non-hydrogen) atoms. The molecule has 1 unspecified atom stereocenters. The molecule has 0 radical (unpaired) electrons. The summed E-state index contributed by atoms with van der Waals surface area (Å²) < 4.78 is 26.0. The normalized spacial score (nSPS) is 21.9. The number of aromatic nitrogens is 1. The predicted molar refractivity (Wildman–Crippen MR) is 67.8 cm³/mol. The van der Waals surface area contributed by atoms with Crippen LogP contribution in [0.3, 0.4) is 0 Å². The fourth-order valence-electron chi connectivity index (χ4n) is 1.95. The van der Waals surface area contributed by atoms with Crippen molar-refractivity contribution in [3.63, 3.8) is 0 Å². The van der Waals surface area contributed by atoms with Crippen LogP contribution in [0.25, 0.3) is 0 Å². The molecular weight excluding hydrogens is 298 g/mol. The number of sulfonamides is 1. The lowest BCUT2D eigenvalue weighted by atomic mass is 10.0. The lowest BCUT2D eigenvalue weighted by molar-refractivity contribution is -0.122. The van der Waals surface area contributed by atoms with Crippen LogP contribution in [-0.4, -0.2) is 36.2 Å². The first kappa shape index (κ1) is 13.7. The Kier molecular flexibility index (Phi) is 3.90. The molecule has 2 rings (SSSR count). The molecule has 0 saturated carbocycles.